The van der Waals surface area contributed by atoms with Crippen LogP contribution in [0.3, 0.4) is 0 Å². The van der Waals surface area contributed by atoms with Crippen LogP contribution in [0.15, 0.2) is 41.7 Å². The molecule has 12 heteroatoms. The quantitative estimate of drug-likeness (QED) is 0.321. The topological polar surface area (TPSA) is 164 Å². The highest BCUT2D eigenvalue weighted by molar-refractivity contribution is 7.57. The van der Waals surface area contributed by atoms with Crippen LogP contribution in [-0.4, -0.2) is 46.7 Å². The molecule has 1 aliphatic heterocycles. The molecule has 0 saturated carbocycles. The summed E-state index contributed by atoms with van der Waals surface area (Å²) in [4.78, 5) is 25.2. The number of esters is 1. The predicted octanol–water partition coefficient (Wildman–Crippen LogP) is 2.91. The van der Waals surface area contributed by atoms with Gasteiger partial charge in [-0.05, 0) is 39.3 Å². The van der Waals surface area contributed by atoms with Gasteiger partial charge in [-0.3, -0.25) is 14.4 Å². The van der Waals surface area contributed by atoms with Crippen molar-refractivity contribution in [2.75, 3.05) is 17.8 Å². The van der Waals surface area contributed by atoms with Gasteiger partial charge < -0.3 is 25.5 Å². The van der Waals surface area contributed by atoms with Crippen molar-refractivity contribution in [3.05, 3.63) is 36.7 Å². The largest absolute Gasteiger partial charge is 0.462 e. The predicted molar refractivity (Wildman–Crippen MR) is 125 cm³/mol. The normalized spacial score (nSPS) is 26.0. The van der Waals surface area contributed by atoms with E-state index < -0.39 is 25.4 Å². The summed E-state index contributed by atoms with van der Waals surface area (Å²) in [5, 5.41) is 2.87. The van der Waals surface area contributed by atoms with Crippen molar-refractivity contribution in [1.82, 2.24) is 15.1 Å². The molecule has 0 amide bonds. The van der Waals surface area contributed by atoms with Gasteiger partial charge in [0.2, 0.25) is 0 Å². The molecule has 2 heterocycles. The van der Waals surface area contributed by atoms with E-state index in [1.54, 1.807) is 38.1 Å². The van der Waals surface area contributed by atoms with Crippen LogP contribution < -0.4 is 21.1 Å². The Morgan fingerprint density at radius 2 is 1.94 bits per heavy atom. The van der Waals surface area contributed by atoms with Gasteiger partial charge in [0.05, 0.1) is 12.2 Å². The first kappa shape index (κ1) is 24.6. The standard InChI is InChI=1S/C21H29N6O5P/c1-13(2)31-21(28)17-15(10-24-18-19(22)25-11-26-20(18)23)9-14(3)30-12-33(29,27-17)32-16-7-5-4-6-8-16/h4-8,10-11,13-15,17H,9,12H2,1-3H3,(H,27,29)(H4,22,23,25,26)/b24-10-/t14?,15?,17-,33-/m0/s1. The van der Waals surface area contributed by atoms with Gasteiger partial charge >= 0.3 is 13.5 Å². The number of para-hydroxylation sites is 1. The van der Waals surface area contributed by atoms with Crippen LogP contribution in [-0.2, 0) is 18.8 Å². The van der Waals surface area contributed by atoms with Crippen LogP contribution in [0.1, 0.15) is 27.2 Å². The first-order valence-corrected chi connectivity index (χ1v) is 12.3. The average Bonchev–Trinajstić information content (AvgIpc) is 2.74. The lowest BCUT2D eigenvalue weighted by Gasteiger charge is -2.33. The number of nitrogens with zero attached hydrogens (tertiary/aromatic N) is 3. The lowest BCUT2D eigenvalue weighted by molar-refractivity contribution is -0.150. The third kappa shape index (κ3) is 6.74. The number of aromatic nitrogens is 2. The molecule has 2 unspecified atom stereocenters. The van der Waals surface area contributed by atoms with Crippen molar-refractivity contribution in [1.29, 1.82) is 0 Å². The number of benzene rings is 1. The minimum Gasteiger partial charge on any atom is -0.462 e. The maximum Gasteiger partial charge on any atom is 0.342 e. The molecule has 3 rings (SSSR count). The third-order valence-corrected chi connectivity index (χ3v) is 6.44. The molecule has 1 aromatic carbocycles. The molecule has 1 fully saturated rings. The number of hydrogen-bond donors (Lipinski definition) is 3. The van der Waals surface area contributed by atoms with Crippen molar-refractivity contribution in [2.24, 2.45) is 10.9 Å². The van der Waals surface area contributed by atoms with Crippen molar-refractivity contribution < 1.29 is 23.4 Å². The monoisotopic (exact) mass is 476 g/mol. The molecule has 0 aliphatic carbocycles. The Hall–Kier alpha value is -3.01. The Morgan fingerprint density at radius 3 is 2.58 bits per heavy atom. The van der Waals surface area contributed by atoms with Crippen LogP contribution in [0.5, 0.6) is 5.75 Å². The smallest absolute Gasteiger partial charge is 0.342 e. The summed E-state index contributed by atoms with van der Waals surface area (Å²) in [7, 11) is -3.66. The summed E-state index contributed by atoms with van der Waals surface area (Å²) < 4.78 is 30.7. The summed E-state index contributed by atoms with van der Waals surface area (Å²) in [6.07, 6.45) is 2.17. The number of nitrogens with one attached hydrogen (secondary N) is 1. The number of carbonyl (C=O) groups excluding carboxylic acids is 1. The molecule has 0 spiro atoms. The van der Waals surface area contributed by atoms with E-state index in [2.05, 4.69) is 20.0 Å². The van der Waals surface area contributed by atoms with Gasteiger partial charge in [0.1, 0.15) is 30.2 Å². The molecule has 5 N–H and O–H groups in total. The molecular weight excluding hydrogens is 447 g/mol. The maximum absolute atomic E-state index is 13.7. The van der Waals surface area contributed by atoms with Crippen LogP contribution in [0, 0.1) is 5.92 Å². The maximum atomic E-state index is 13.7. The highest BCUT2D eigenvalue weighted by Gasteiger charge is 2.41. The fraction of sp³-hybridized carbons (Fsp3) is 0.429. The van der Waals surface area contributed by atoms with E-state index in [-0.39, 0.29) is 35.9 Å². The second-order valence-electron chi connectivity index (χ2n) is 7.95. The minimum absolute atomic E-state index is 0.0984. The van der Waals surface area contributed by atoms with Crippen molar-refractivity contribution in [3.8, 4) is 5.75 Å². The van der Waals surface area contributed by atoms with Gasteiger partial charge in [0.15, 0.2) is 11.6 Å². The minimum atomic E-state index is -3.66. The SMILES string of the molecule is CC(C)OC(=O)[C@H]1N[P@@](=O)(Oc2ccccc2)COC(C)CC1/C=N\c1c(N)ncnc1N. The molecule has 1 aliphatic rings. The van der Waals surface area contributed by atoms with Crippen molar-refractivity contribution >= 4 is 37.0 Å². The highest BCUT2D eigenvalue weighted by Crippen LogP contribution is 2.46. The molecular formula is C21H29N6O5P. The summed E-state index contributed by atoms with van der Waals surface area (Å²) in [5.41, 5.74) is 11.9. The Kier molecular flexibility index (Phi) is 8.01. The van der Waals surface area contributed by atoms with E-state index >= 15 is 0 Å². The zero-order chi connectivity index (χ0) is 24.0. The lowest BCUT2D eigenvalue weighted by atomic mass is 9.95. The second-order valence-corrected chi connectivity index (χ2v) is 9.99. The Bertz CT molecular complexity index is 1010. The van der Waals surface area contributed by atoms with Crippen LogP contribution in [0.25, 0.3) is 0 Å². The Labute approximate surface area is 192 Å². The number of ether oxygens (including phenoxy) is 2. The number of anilines is 2. The fourth-order valence-electron chi connectivity index (χ4n) is 3.25. The van der Waals surface area contributed by atoms with E-state index in [1.165, 1.54) is 12.5 Å². The molecule has 33 heavy (non-hydrogen) atoms. The molecule has 4 atom stereocenters. The average molecular weight is 476 g/mol. The molecule has 2 aromatic rings. The molecule has 0 bridgehead atoms. The van der Waals surface area contributed by atoms with Gasteiger partial charge in [0, 0.05) is 12.1 Å². The van der Waals surface area contributed by atoms with E-state index in [4.69, 9.17) is 25.5 Å². The van der Waals surface area contributed by atoms with E-state index in [0.717, 1.165) is 0 Å². The molecule has 0 radical (unpaired) electrons. The number of rotatable bonds is 6. The van der Waals surface area contributed by atoms with Gasteiger partial charge in [-0.15, -0.1) is 0 Å². The summed E-state index contributed by atoms with van der Waals surface area (Å²) in [5.74, 6) is -0.591. The number of aliphatic imine (C=N–C) groups is 1. The van der Waals surface area contributed by atoms with Gasteiger partial charge in [-0.2, -0.15) is 0 Å². The zero-order valence-electron chi connectivity index (χ0n) is 18.7. The zero-order valence-corrected chi connectivity index (χ0v) is 19.6. The highest BCUT2D eigenvalue weighted by atomic mass is 31.2. The molecule has 178 valence electrons. The van der Waals surface area contributed by atoms with Crippen LogP contribution >= 0.6 is 7.52 Å². The Balaban J connectivity index is 1.96. The number of hydrogen-bond acceptors (Lipinski definition) is 10. The van der Waals surface area contributed by atoms with Crippen molar-refractivity contribution in [2.45, 2.75) is 45.4 Å². The molecule has 1 saturated heterocycles. The van der Waals surface area contributed by atoms with Gasteiger partial charge in [-0.25, -0.2) is 15.1 Å². The summed E-state index contributed by atoms with van der Waals surface area (Å²) in [6, 6.07) is 7.64. The summed E-state index contributed by atoms with van der Waals surface area (Å²) >= 11 is 0. The first-order chi connectivity index (χ1) is 15.7. The van der Waals surface area contributed by atoms with Crippen LogP contribution in [0.2, 0.25) is 0 Å². The van der Waals surface area contributed by atoms with Gasteiger partial charge in [0.25, 0.3) is 0 Å². The summed E-state index contributed by atoms with van der Waals surface area (Å²) in [6.45, 7) is 5.29. The number of carbonyl (C=O) groups is 1. The van der Waals surface area contributed by atoms with Crippen molar-refractivity contribution in [3.63, 3.8) is 0 Å². The van der Waals surface area contributed by atoms with E-state index in [9.17, 15) is 9.36 Å². The van der Waals surface area contributed by atoms with Crippen LogP contribution in [0.4, 0.5) is 17.3 Å². The van der Waals surface area contributed by atoms with Gasteiger partial charge in [-0.1, -0.05) is 18.2 Å². The fourth-order valence-corrected chi connectivity index (χ4v) is 5.07. The lowest BCUT2D eigenvalue weighted by Crippen LogP contribution is -2.47. The Morgan fingerprint density at radius 1 is 1.27 bits per heavy atom. The first-order valence-electron chi connectivity index (χ1n) is 10.5. The number of nitrogen functional groups attached to an aromatic ring is 2. The van der Waals surface area contributed by atoms with E-state index in [0.29, 0.717) is 12.2 Å². The number of nitrogens with two attached hydrogens (primary N) is 2. The molecule has 11 nitrogen and oxygen atoms in total. The third-order valence-electron chi connectivity index (χ3n) is 4.77. The molecule has 1 aromatic heterocycles. The van der Waals surface area contributed by atoms with E-state index in [1.807, 2.05) is 13.0 Å². The second kappa shape index (κ2) is 10.7.